The topological polar surface area (TPSA) is 71.1 Å². The average molecular weight is 649 g/mol. The van der Waals surface area contributed by atoms with Crippen LogP contribution in [0.1, 0.15) is 111 Å². The number of carbonyl (C=O) groups excluding carboxylic acids is 2. The summed E-state index contributed by atoms with van der Waals surface area (Å²) in [6.07, 6.45) is 8.57. The molecule has 3 aliphatic carbocycles. The molecular weight excluding hydrogens is 588 g/mol. The number of esters is 2. The lowest BCUT2D eigenvalue weighted by atomic mass is 9.78. The third kappa shape index (κ3) is 9.19. The van der Waals surface area contributed by atoms with Crippen molar-refractivity contribution < 1.29 is 28.5 Å². The molecule has 5 rings (SSSR count). The number of hydrogen-bond acceptors (Lipinski definition) is 6. The summed E-state index contributed by atoms with van der Waals surface area (Å²) in [4.78, 5) is 24.1. The predicted octanol–water partition coefficient (Wildman–Crippen LogP) is 9.18. The predicted molar refractivity (Wildman–Crippen MR) is 187 cm³/mol. The fraction of sp³-hybridized carbons (Fsp3) is 0.659. The van der Waals surface area contributed by atoms with E-state index in [-0.39, 0.29) is 35.5 Å². The van der Waals surface area contributed by atoms with Gasteiger partial charge in [-0.25, -0.2) is 0 Å². The van der Waals surface area contributed by atoms with Gasteiger partial charge in [0.1, 0.15) is 25.1 Å². The van der Waals surface area contributed by atoms with Gasteiger partial charge in [-0.05, 0) is 113 Å². The molecule has 0 aliphatic heterocycles. The summed E-state index contributed by atoms with van der Waals surface area (Å²) in [6, 6.07) is 18.7. The second kappa shape index (κ2) is 16.0. The van der Waals surface area contributed by atoms with Crippen LogP contribution in [0.3, 0.4) is 0 Å². The van der Waals surface area contributed by atoms with Crippen molar-refractivity contribution in [3.63, 3.8) is 0 Å². The molecule has 0 saturated heterocycles. The van der Waals surface area contributed by atoms with E-state index in [1.54, 1.807) is 0 Å². The summed E-state index contributed by atoms with van der Waals surface area (Å²) in [5, 5.41) is 0. The first kappa shape index (κ1) is 37.0. The van der Waals surface area contributed by atoms with Gasteiger partial charge in [-0.15, -0.1) is 0 Å². The van der Waals surface area contributed by atoms with Crippen LogP contribution >= 0.6 is 0 Å². The maximum Gasteiger partial charge on any atom is 0.311 e. The third-order valence-corrected chi connectivity index (χ3v) is 11.5. The lowest BCUT2D eigenvalue weighted by Crippen LogP contribution is -2.36. The van der Waals surface area contributed by atoms with Gasteiger partial charge in [-0.2, -0.15) is 0 Å². The molecule has 5 atom stereocenters. The Balaban J connectivity index is 0.000000236. The second-order valence-electron chi connectivity index (χ2n) is 15.7. The van der Waals surface area contributed by atoms with Crippen LogP contribution in [0.15, 0.2) is 54.6 Å². The molecule has 2 aromatic rings. The quantitative estimate of drug-likeness (QED) is 0.150. The van der Waals surface area contributed by atoms with Gasteiger partial charge in [-0.3, -0.25) is 9.59 Å². The number of fused-ring (bicyclic) bond motifs is 5. The van der Waals surface area contributed by atoms with E-state index in [4.69, 9.17) is 18.9 Å². The van der Waals surface area contributed by atoms with Crippen LogP contribution in [0.4, 0.5) is 0 Å². The van der Waals surface area contributed by atoms with Crippen molar-refractivity contribution >= 4 is 11.9 Å². The van der Waals surface area contributed by atoms with Gasteiger partial charge in [0.05, 0.1) is 24.0 Å². The molecule has 2 aromatic carbocycles. The first-order chi connectivity index (χ1) is 22.3. The van der Waals surface area contributed by atoms with Crippen molar-refractivity contribution in [3.05, 3.63) is 65.7 Å². The van der Waals surface area contributed by atoms with Crippen molar-refractivity contribution in [1.29, 1.82) is 0 Å². The SMILES string of the molecule is CCC(C)(C)C(=O)OC1CC2CC1C1CCCC21.CCC(C)(C)C(=O)OCCOCCOc1ccc(C(C)(C)c2ccccc2)cc1. The fourth-order valence-corrected chi connectivity index (χ4v) is 7.42. The minimum absolute atomic E-state index is 0.0251. The number of ether oxygens (including phenoxy) is 4. The highest BCUT2D eigenvalue weighted by Gasteiger charge is 2.55. The molecular formula is C41H60O6. The number of rotatable bonds is 14. The molecule has 0 heterocycles. The van der Waals surface area contributed by atoms with E-state index in [0.717, 1.165) is 42.8 Å². The molecule has 0 N–H and O–H groups in total. The molecule has 2 bridgehead atoms. The maximum atomic E-state index is 12.2. The largest absolute Gasteiger partial charge is 0.491 e. The summed E-state index contributed by atoms with van der Waals surface area (Å²) in [6.45, 7) is 17.8. The van der Waals surface area contributed by atoms with Crippen LogP contribution < -0.4 is 4.74 Å². The fourth-order valence-electron chi connectivity index (χ4n) is 7.42. The normalized spacial score (nSPS) is 23.4. The van der Waals surface area contributed by atoms with Crippen molar-refractivity contribution in [1.82, 2.24) is 0 Å². The van der Waals surface area contributed by atoms with Gasteiger partial charge in [0.25, 0.3) is 0 Å². The van der Waals surface area contributed by atoms with Crippen LogP contribution in [0.2, 0.25) is 0 Å². The van der Waals surface area contributed by atoms with E-state index >= 15 is 0 Å². The van der Waals surface area contributed by atoms with Crippen molar-refractivity contribution in [2.24, 2.45) is 34.5 Å². The first-order valence-corrected chi connectivity index (χ1v) is 18.0. The Hall–Kier alpha value is -2.86. The van der Waals surface area contributed by atoms with Crippen LogP contribution in [-0.2, 0) is 29.2 Å². The number of hydrogen-bond donors (Lipinski definition) is 0. The monoisotopic (exact) mass is 648 g/mol. The van der Waals surface area contributed by atoms with Crippen molar-refractivity contribution in [3.8, 4) is 5.75 Å². The molecule has 5 unspecified atom stereocenters. The molecule has 3 fully saturated rings. The van der Waals surface area contributed by atoms with E-state index < -0.39 is 5.41 Å². The first-order valence-electron chi connectivity index (χ1n) is 18.0. The van der Waals surface area contributed by atoms with Gasteiger partial charge < -0.3 is 18.9 Å². The zero-order valence-corrected chi connectivity index (χ0v) is 30.3. The zero-order valence-electron chi connectivity index (χ0n) is 30.3. The minimum atomic E-state index is -0.440. The van der Waals surface area contributed by atoms with E-state index in [2.05, 4.69) is 57.2 Å². The summed E-state index contributed by atoms with van der Waals surface area (Å²) in [7, 11) is 0. The Morgan fingerprint density at radius 1 is 0.681 bits per heavy atom. The Bertz CT molecular complexity index is 1280. The van der Waals surface area contributed by atoms with Crippen LogP contribution in [0.25, 0.3) is 0 Å². The lowest BCUT2D eigenvalue weighted by Gasteiger charge is -2.33. The van der Waals surface area contributed by atoms with Gasteiger partial charge in [0.2, 0.25) is 0 Å². The maximum absolute atomic E-state index is 12.2. The third-order valence-electron chi connectivity index (χ3n) is 11.5. The zero-order chi connectivity index (χ0) is 34.2. The highest BCUT2D eigenvalue weighted by atomic mass is 16.6. The van der Waals surface area contributed by atoms with Crippen molar-refractivity contribution in [2.75, 3.05) is 26.4 Å². The highest BCUT2D eigenvalue weighted by Crippen LogP contribution is 2.59. The van der Waals surface area contributed by atoms with Gasteiger partial charge in [0, 0.05) is 5.41 Å². The molecule has 3 aliphatic rings. The van der Waals surface area contributed by atoms with Crippen LogP contribution in [-0.4, -0.2) is 44.5 Å². The Morgan fingerprint density at radius 3 is 1.94 bits per heavy atom. The van der Waals surface area contributed by atoms with Gasteiger partial charge in [-0.1, -0.05) is 76.6 Å². The van der Waals surface area contributed by atoms with E-state index in [1.165, 1.54) is 36.8 Å². The molecule has 6 heteroatoms. The standard InChI is InChI=1S/C25H34O4.C16H26O2/c1-6-24(2,3)23(26)29-19-17-27-16-18-28-22-14-12-21(13-15-22)25(4,5)20-10-8-7-9-11-20;1-4-16(2,3)15(17)18-14-9-10-8-13(14)12-7-5-6-11(10)12/h7-15H,6,16-19H2,1-5H3;10-14H,4-9H2,1-3H3. The summed E-state index contributed by atoms with van der Waals surface area (Å²) >= 11 is 0. The van der Waals surface area contributed by atoms with Crippen LogP contribution in [0, 0.1) is 34.5 Å². The molecule has 0 spiro atoms. The molecule has 0 amide bonds. The molecule has 0 aromatic heterocycles. The molecule has 6 nitrogen and oxygen atoms in total. The Morgan fingerprint density at radius 2 is 1.28 bits per heavy atom. The van der Waals surface area contributed by atoms with E-state index in [9.17, 15) is 9.59 Å². The smallest absolute Gasteiger partial charge is 0.311 e. The lowest BCUT2D eigenvalue weighted by molar-refractivity contribution is -0.164. The van der Waals surface area contributed by atoms with Crippen molar-refractivity contribution in [2.45, 2.75) is 112 Å². The molecule has 0 radical (unpaired) electrons. The molecule has 260 valence electrons. The number of carbonyl (C=O) groups is 2. The van der Waals surface area contributed by atoms with Crippen LogP contribution in [0.5, 0.6) is 5.75 Å². The van der Waals surface area contributed by atoms with E-state index in [0.29, 0.717) is 25.7 Å². The Kier molecular flexibility index (Phi) is 12.6. The number of benzene rings is 2. The van der Waals surface area contributed by atoms with E-state index in [1.807, 2.05) is 52.8 Å². The summed E-state index contributed by atoms with van der Waals surface area (Å²) < 4.78 is 22.3. The Labute approximate surface area is 284 Å². The van der Waals surface area contributed by atoms with Gasteiger partial charge >= 0.3 is 11.9 Å². The minimum Gasteiger partial charge on any atom is -0.491 e. The second-order valence-corrected chi connectivity index (χ2v) is 15.7. The van der Waals surface area contributed by atoms with Gasteiger partial charge in [0.15, 0.2) is 0 Å². The highest BCUT2D eigenvalue weighted by molar-refractivity contribution is 5.76. The average Bonchev–Trinajstić information content (AvgIpc) is 3.80. The molecule has 3 saturated carbocycles. The summed E-state index contributed by atoms with van der Waals surface area (Å²) in [5.74, 6) is 4.08. The summed E-state index contributed by atoms with van der Waals surface area (Å²) in [5.41, 5.74) is 1.71. The molecule has 47 heavy (non-hydrogen) atoms.